The van der Waals surface area contributed by atoms with Gasteiger partial charge in [0, 0.05) is 5.56 Å². The second-order valence-electron chi connectivity index (χ2n) is 3.92. The highest BCUT2D eigenvalue weighted by atomic mass is 35.5. The van der Waals surface area contributed by atoms with Crippen LogP contribution in [0.15, 0.2) is 42.6 Å². The van der Waals surface area contributed by atoms with Crippen molar-refractivity contribution in [3.63, 3.8) is 0 Å². The first-order chi connectivity index (χ1) is 8.78. The first kappa shape index (κ1) is 11.2. The van der Waals surface area contributed by atoms with Gasteiger partial charge in [-0.15, -0.1) is 0 Å². The van der Waals surface area contributed by atoms with Crippen molar-refractivity contribution in [3.8, 4) is 11.3 Å². The molecule has 2 heterocycles. The highest BCUT2D eigenvalue weighted by Crippen LogP contribution is 2.21. The number of hydrogen-bond acceptors (Lipinski definition) is 3. The van der Waals surface area contributed by atoms with Crippen LogP contribution in [0.4, 0.5) is 0 Å². The Bertz CT molecular complexity index is 691. The van der Waals surface area contributed by atoms with Crippen molar-refractivity contribution in [2.45, 2.75) is 6.61 Å². The van der Waals surface area contributed by atoms with Crippen LogP contribution in [0.1, 0.15) is 5.56 Å². The molecule has 0 atom stereocenters. The second kappa shape index (κ2) is 4.40. The average molecular weight is 260 g/mol. The quantitative estimate of drug-likeness (QED) is 0.769. The molecule has 0 amide bonds. The third-order valence-corrected chi connectivity index (χ3v) is 2.96. The zero-order valence-electron chi connectivity index (χ0n) is 9.42. The number of benzene rings is 1. The van der Waals surface area contributed by atoms with Gasteiger partial charge < -0.3 is 5.11 Å². The number of imidazole rings is 1. The van der Waals surface area contributed by atoms with Crippen LogP contribution in [0.2, 0.25) is 5.15 Å². The van der Waals surface area contributed by atoms with Crippen LogP contribution >= 0.6 is 11.6 Å². The van der Waals surface area contributed by atoms with Crippen LogP contribution in [-0.2, 0) is 6.61 Å². The molecule has 0 saturated heterocycles. The van der Waals surface area contributed by atoms with Crippen molar-refractivity contribution in [1.29, 1.82) is 0 Å². The summed E-state index contributed by atoms with van der Waals surface area (Å²) in [4.78, 5) is 4.27. The standard InChI is InChI=1S/C13H10ClN3O/c14-12-5-6-13-15-7-11(17(13)16-12)10-3-1-9(8-18)2-4-10/h1-7,18H,8H2. The normalized spacial score (nSPS) is 11.0. The molecule has 0 unspecified atom stereocenters. The summed E-state index contributed by atoms with van der Waals surface area (Å²) in [5.74, 6) is 0. The van der Waals surface area contributed by atoms with Gasteiger partial charge in [0.15, 0.2) is 5.65 Å². The Morgan fingerprint density at radius 3 is 2.61 bits per heavy atom. The van der Waals surface area contributed by atoms with Gasteiger partial charge in [-0.2, -0.15) is 5.10 Å². The van der Waals surface area contributed by atoms with E-state index in [9.17, 15) is 0 Å². The van der Waals surface area contributed by atoms with Gasteiger partial charge in [0.2, 0.25) is 0 Å². The van der Waals surface area contributed by atoms with E-state index in [0.29, 0.717) is 5.15 Å². The summed E-state index contributed by atoms with van der Waals surface area (Å²) in [6.45, 7) is 0.0392. The van der Waals surface area contributed by atoms with E-state index in [1.807, 2.05) is 30.3 Å². The maximum absolute atomic E-state index is 9.02. The lowest BCUT2D eigenvalue weighted by Crippen LogP contribution is -1.94. The van der Waals surface area contributed by atoms with Gasteiger partial charge in [-0.1, -0.05) is 35.9 Å². The lowest BCUT2D eigenvalue weighted by molar-refractivity contribution is 0.282. The summed E-state index contributed by atoms with van der Waals surface area (Å²) in [5, 5.41) is 13.7. The maximum Gasteiger partial charge on any atom is 0.154 e. The largest absolute Gasteiger partial charge is 0.392 e. The lowest BCUT2D eigenvalue weighted by Gasteiger charge is -2.02. The molecule has 5 heteroatoms. The molecule has 1 aromatic carbocycles. The van der Waals surface area contributed by atoms with Crippen LogP contribution in [0.3, 0.4) is 0 Å². The molecule has 2 aromatic heterocycles. The molecule has 18 heavy (non-hydrogen) atoms. The molecule has 0 radical (unpaired) electrons. The van der Waals surface area contributed by atoms with Crippen molar-refractivity contribution in [2.75, 3.05) is 0 Å². The fourth-order valence-corrected chi connectivity index (χ4v) is 1.97. The first-order valence-corrected chi connectivity index (χ1v) is 5.86. The Labute approximate surface area is 108 Å². The predicted molar refractivity (Wildman–Crippen MR) is 69.4 cm³/mol. The first-order valence-electron chi connectivity index (χ1n) is 5.48. The molecule has 0 aliphatic heterocycles. The molecular weight excluding hydrogens is 250 g/mol. The molecule has 1 N–H and O–H groups in total. The number of aliphatic hydroxyl groups is 1. The third-order valence-electron chi connectivity index (χ3n) is 2.76. The van der Waals surface area contributed by atoms with Gasteiger partial charge >= 0.3 is 0 Å². The number of aliphatic hydroxyl groups excluding tert-OH is 1. The molecule has 0 fully saturated rings. The summed E-state index contributed by atoms with van der Waals surface area (Å²) in [6.07, 6.45) is 1.76. The van der Waals surface area contributed by atoms with E-state index in [1.54, 1.807) is 16.8 Å². The van der Waals surface area contributed by atoms with Crippen molar-refractivity contribution in [1.82, 2.24) is 14.6 Å². The van der Waals surface area contributed by atoms with Crippen molar-refractivity contribution in [2.24, 2.45) is 0 Å². The summed E-state index contributed by atoms with van der Waals surface area (Å²) in [6, 6.07) is 11.1. The van der Waals surface area contributed by atoms with E-state index in [-0.39, 0.29) is 6.61 Å². The summed E-state index contributed by atoms with van der Waals surface area (Å²) in [7, 11) is 0. The van der Waals surface area contributed by atoms with Gasteiger partial charge in [0.1, 0.15) is 5.15 Å². The van der Waals surface area contributed by atoms with E-state index in [2.05, 4.69) is 10.1 Å². The molecule has 0 spiro atoms. The van der Waals surface area contributed by atoms with Gasteiger partial charge in [-0.05, 0) is 17.7 Å². The summed E-state index contributed by atoms with van der Waals surface area (Å²) < 4.78 is 1.70. The van der Waals surface area contributed by atoms with E-state index < -0.39 is 0 Å². The van der Waals surface area contributed by atoms with Gasteiger partial charge in [-0.3, -0.25) is 0 Å². The Hall–Kier alpha value is -1.91. The molecular formula is C13H10ClN3O. The minimum atomic E-state index is 0.0392. The van der Waals surface area contributed by atoms with Crippen molar-refractivity contribution < 1.29 is 5.11 Å². The Balaban J connectivity index is 2.15. The highest BCUT2D eigenvalue weighted by Gasteiger charge is 2.07. The van der Waals surface area contributed by atoms with Crippen LogP contribution < -0.4 is 0 Å². The molecule has 4 nitrogen and oxygen atoms in total. The average Bonchev–Trinajstić information content (AvgIpc) is 2.82. The van der Waals surface area contributed by atoms with Crippen LogP contribution in [0, 0.1) is 0 Å². The smallest absolute Gasteiger partial charge is 0.154 e. The minimum absolute atomic E-state index is 0.0392. The predicted octanol–water partition coefficient (Wildman–Crippen LogP) is 2.54. The molecule has 3 rings (SSSR count). The lowest BCUT2D eigenvalue weighted by atomic mass is 10.1. The molecule has 0 bridgehead atoms. The van der Waals surface area contributed by atoms with Gasteiger partial charge in [0.05, 0.1) is 18.5 Å². The third kappa shape index (κ3) is 1.85. The maximum atomic E-state index is 9.02. The monoisotopic (exact) mass is 259 g/mol. The zero-order chi connectivity index (χ0) is 12.5. The second-order valence-corrected chi connectivity index (χ2v) is 4.31. The van der Waals surface area contributed by atoms with E-state index in [0.717, 1.165) is 22.5 Å². The molecule has 0 aliphatic carbocycles. The van der Waals surface area contributed by atoms with Crippen LogP contribution in [0.5, 0.6) is 0 Å². The fraction of sp³-hybridized carbons (Fsp3) is 0.0769. The number of halogens is 1. The molecule has 3 aromatic rings. The Morgan fingerprint density at radius 2 is 1.89 bits per heavy atom. The number of fused-ring (bicyclic) bond motifs is 1. The Kier molecular flexibility index (Phi) is 2.74. The number of hydrogen-bond donors (Lipinski definition) is 1. The molecule has 0 saturated carbocycles. The zero-order valence-corrected chi connectivity index (χ0v) is 10.2. The van der Waals surface area contributed by atoms with Crippen LogP contribution in [0.25, 0.3) is 16.9 Å². The molecule has 90 valence electrons. The van der Waals surface area contributed by atoms with Gasteiger partial charge in [0.25, 0.3) is 0 Å². The minimum Gasteiger partial charge on any atom is -0.392 e. The SMILES string of the molecule is OCc1ccc(-c2cnc3ccc(Cl)nn23)cc1. The summed E-state index contributed by atoms with van der Waals surface area (Å²) in [5.41, 5.74) is 3.48. The fourth-order valence-electron chi connectivity index (χ4n) is 1.83. The molecule has 0 aliphatic rings. The number of aromatic nitrogens is 3. The number of rotatable bonds is 2. The van der Waals surface area contributed by atoms with Crippen LogP contribution in [-0.4, -0.2) is 19.7 Å². The van der Waals surface area contributed by atoms with E-state index in [4.69, 9.17) is 16.7 Å². The van der Waals surface area contributed by atoms with E-state index >= 15 is 0 Å². The van der Waals surface area contributed by atoms with Crippen molar-refractivity contribution >= 4 is 17.2 Å². The summed E-state index contributed by atoms with van der Waals surface area (Å²) >= 11 is 5.89. The highest BCUT2D eigenvalue weighted by molar-refractivity contribution is 6.29. The Morgan fingerprint density at radius 1 is 1.11 bits per heavy atom. The topological polar surface area (TPSA) is 50.4 Å². The number of nitrogens with zero attached hydrogens (tertiary/aromatic N) is 3. The van der Waals surface area contributed by atoms with Gasteiger partial charge in [-0.25, -0.2) is 9.50 Å². The van der Waals surface area contributed by atoms with E-state index in [1.165, 1.54) is 0 Å². The van der Waals surface area contributed by atoms with Crippen molar-refractivity contribution in [3.05, 3.63) is 53.3 Å².